The molecule has 0 aromatic rings. The molecule has 52 valence electrons. The van der Waals surface area contributed by atoms with Crippen molar-refractivity contribution in [3.8, 4) is 0 Å². The van der Waals surface area contributed by atoms with Crippen LogP contribution >= 0.6 is 9.93 Å². The first-order chi connectivity index (χ1) is 4.50. The fourth-order valence-electron chi connectivity index (χ4n) is 0.353. The van der Waals surface area contributed by atoms with Crippen molar-refractivity contribution >= 4 is 24.5 Å². The lowest BCUT2D eigenvalue weighted by molar-refractivity contribution is 0.612. The maximum Gasteiger partial charge on any atom is 0.250 e. The van der Waals surface area contributed by atoms with E-state index >= 15 is 0 Å². The highest BCUT2D eigenvalue weighted by Crippen LogP contribution is 2.31. The van der Waals surface area contributed by atoms with Gasteiger partial charge in [-0.3, -0.25) is 4.99 Å². The smallest absolute Gasteiger partial charge is 0.250 e. The van der Waals surface area contributed by atoms with Crippen molar-refractivity contribution in [3.63, 3.8) is 0 Å². The lowest BCUT2D eigenvalue weighted by Crippen LogP contribution is -2.10. The summed E-state index contributed by atoms with van der Waals surface area (Å²) in [6.45, 7) is 0. The summed E-state index contributed by atoms with van der Waals surface area (Å²) in [5.74, 6) is 0. The Balaban J connectivity index is 2.93. The summed E-state index contributed by atoms with van der Waals surface area (Å²) in [7, 11) is -5.03. The third-order valence-corrected chi connectivity index (χ3v) is 4.39. The maximum atomic E-state index is 10.6. The van der Waals surface area contributed by atoms with Crippen LogP contribution in [-0.4, -0.2) is 14.0 Å². The Morgan fingerprint density at radius 1 is 1.78 bits per heavy atom. The van der Waals surface area contributed by atoms with E-state index in [1.165, 1.54) is 11.0 Å². The van der Waals surface area contributed by atoms with Crippen LogP contribution in [0.25, 0.3) is 0 Å². The van der Waals surface area contributed by atoms with Crippen molar-refractivity contribution in [2.45, 2.75) is 0 Å². The van der Waals surface area contributed by atoms with Gasteiger partial charge in [-0.05, 0) is 5.41 Å². The van der Waals surface area contributed by atoms with Crippen LogP contribution in [0.3, 0.4) is 0 Å². The van der Waals surface area contributed by atoms with Crippen LogP contribution in [-0.2, 0) is 9.06 Å². The quantitative estimate of drug-likeness (QED) is 0.416. The van der Waals surface area contributed by atoms with Gasteiger partial charge in [0, 0.05) is 6.18 Å². The van der Waals surface area contributed by atoms with E-state index in [1.807, 2.05) is 0 Å². The molecule has 0 aliphatic carbocycles. The molecule has 0 amide bonds. The number of hydrogen-bond donors (Lipinski definition) is 2. The first kappa shape index (κ1) is 5.45. The lowest BCUT2D eigenvalue weighted by Gasteiger charge is -2.01. The Kier molecular flexibility index (Phi) is 1.29. The molecule has 0 saturated heterocycles. The molecule has 0 saturated carbocycles. The van der Waals surface area contributed by atoms with Gasteiger partial charge < -0.3 is 0 Å². The molecular weight excluding hydrogens is 160 g/mol. The number of aliphatic imine (C=N–C) groups is 1. The molecule has 0 aromatic carbocycles. The largest absolute Gasteiger partial charge is 0.258 e. The van der Waals surface area contributed by atoms with Crippen molar-refractivity contribution < 1.29 is 9.79 Å². The number of thiol groups is 1. The summed E-state index contributed by atoms with van der Waals surface area (Å²) >= 11 is 0. The molecule has 1 aliphatic rings. The van der Waals surface area contributed by atoms with Crippen molar-refractivity contribution in [2.75, 3.05) is 0 Å². The van der Waals surface area contributed by atoms with Gasteiger partial charge in [0.15, 0.2) is 0 Å². The molecule has 0 radical (unpaired) electrons. The summed E-state index contributed by atoms with van der Waals surface area (Å²) < 4.78 is 28.0. The van der Waals surface area contributed by atoms with Gasteiger partial charge in [-0.25, -0.2) is 13.6 Å². The average molecular weight is 167 g/mol. The minimum absolute atomic E-state index is 0.0277. The molecule has 1 rings (SSSR count). The summed E-state index contributed by atoms with van der Waals surface area (Å²) in [6.07, 6.45) is -0.0277. The highest BCUT2D eigenvalue weighted by Gasteiger charge is 2.12. The fourth-order valence-corrected chi connectivity index (χ4v) is 2.18. The Labute approximate surface area is 56.7 Å². The first-order valence-corrected chi connectivity index (χ1v) is 5.67. The van der Waals surface area contributed by atoms with Crippen molar-refractivity contribution in [2.24, 2.45) is 10.1 Å². The number of nitrogens with two attached hydrogens (primary N) is 1. The predicted octanol–water partition coefficient (Wildman–Crippen LogP) is -0.296. The molecular formula is C3H6N2O2S2. The average Bonchev–Trinajstić information content (AvgIpc) is 2.11. The monoisotopic (exact) mass is 167 g/mol. The third-order valence-electron chi connectivity index (χ3n) is 0.725. The fraction of sp³-hybridized carbons (Fsp3) is 0. The van der Waals surface area contributed by atoms with E-state index in [4.69, 9.17) is 6.51 Å². The topological polar surface area (TPSA) is 72.5 Å². The summed E-state index contributed by atoms with van der Waals surface area (Å²) in [6, 6.07) is 0. The second-order valence-corrected chi connectivity index (χ2v) is 6.41. The highest BCUT2D eigenvalue weighted by molar-refractivity contribution is 8.87. The van der Waals surface area contributed by atoms with Gasteiger partial charge in [0.2, 0.25) is 0 Å². The van der Waals surface area contributed by atoms with E-state index in [9.17, 15) is 8.42 Å². The predicted molar refractivity (Wildman–Crippen MR) is 39.7 cm³/mol. The number of nitrogens with zero attached hydrogens (tertiary/aromatic N) is 1. The van der Waals surface area contributed by atoms with E-state index in [-0.39, 0.29) is 6.18 Å². The van der Waals surface area contributed by atoms with Crippen LogP contribution in [0.2, 0.25) is 0 Å². The first-order valence-electron chi connectivity index (χ1n) is 2.54. The lowest BCUT2D eigenvalue weighted by atomic mass is 11.1. The molecule has 1 aliphatic heterocycles. The van der Waals surface area contributed by atoms with Crippen LogP contribution in [0.4, 0.5) is 0 Å². The standard InChI is InChI=1S/C3H6N2O2S2/c4-9(6,7)8-2-1-5-3-8/h1-3,8H,(H2,4,6,7)/i1D. The molecule has 4 nitrogen and oxygen atoms in total. The minimum Gasteiger partial charge on any atom is -0.258 e. The van der Waals surface area contributed by atoms with Gasteiger partial charge in [0.05, 0.1) is 6.92 Å². The zero-order chi connectivity index (χ0) is 7.78. The van der Waals surface area contributed by atoms with Gasteiger partial charge in [0.1, 0.15) is 0 Å². The van der Waals surface area contributed by atoms with Crippen LogP contribution < -0.4 is 5.14 Å². The Bertz CT molecular complexity index is 294. The van der Waals surface area contributed by atoms with E-state index < -0.39 is 19.0 Å². The second kappa shape index (κ2) is 2.13. The van der Waals surface area contributed by atoms with Gasteiger partial charge in [0.25, 0.3) is 9.06 Å². The zero-order valence-electron chi connectivity index (χ0n) is 5.35. The Hall–Kier alpha value is -0.330. The summed E-state index contributed by atoms with van der Waals surface area (Å²) in [4.78, 5) is 3.46. The summed E-state index contributed by atoms with van der Waals surface area (Å²) in [5.41, 5.74) is 1.20. The van der Waals surface area contributed by atoms with Crippen LogP contribution in [0.15, 0.2) is 16.6 Å². The van der Waals surface area contributed by atoms with Crippen LogP contribution in [0, 0.1) is 0 Å². The molecule has 1 atom stereocenters. The van der Waals surface area contributed by atoms with Crippen molar-refractivity contribution in [1.29, 1.82) is 0 Å². The van der Waals surface area contributed by atoms with E-state index in [1.54, 1.807) is 0 Å². The molecule has 0 spiro atoms. The molecule has 1 unspecified atom stereocenters. The Morgan fingerprint density at radius 3 is 2.67 bits per heavy atom. The zero-order valence-corrected chi connectivity index (χ0v) is 6.06. The third kappa shape index (κ3) is 1.54. The number of rotatable bonds is 1. The van der Waals surface area contributed by atoms with Crippen molar-refractivity contribution in [1.82, 2.24) is 0 Å². The van der Waals surface area contributed by atoms with E-state index in [0.717, 1.165) is 0 Å². The van der Waals surface area contributed by atoms with E-state index in [0.29, 0.717) is 0 Å². The van der Waals surface area contributed by atoms with Crippen LogP contribution in [0.1, 0.15) is 1.37 Å². The number of hydrogen-bond acceptors (Lipinski definition) is 3. The van der Waals surface area contributed by atoms with Gasteiger partial charge >= 0.3 is 0 Å². The highest BCUT2D eigenvalue weighted by atomic mass is 33.2. The normalized spacial score (nSPS) is 31.9. The minimum atomic E-state index is -3.52. The van der Waals surface area contributed by atoms with Gasteiger partial charge in [-0.1, -0.05) is 9.93 Å². The molecule has 6 heteroatoms. The molecule has 1 heterocycles. The van der Waals surface area contributed by atoms with Crippen molar-refractivity contribution in [3.05, 3.63) is 11.6 Å². The van der Waals surface area contributed by atoms with Gasteiger partial charge in [-0.15, -0.1) is 0 Å². The summed E-state index contributed by atoms with van der Waals surface area (Å²) in [5, 5.41) is 6.03. The SMILES string of the molecule is [2H]C1=C[SH](S(N)(=O)=O)C=N1. The maximum absolute atomic E-state index is 10.6. The molecule has 2 N–H and O–H groups in total. The van der Waals surface area contributed by atoms with Crippen LogP contribution in [0.5, 0.6) is 0 Å². The molecule has 9 heavy (non-hydrogen) atoms. The van der Waals surface area contributed by atoms with E-state index in [2.05, 4.69) is 4.99 Å². The second-order valence-electron chi connectivity index (χ2n) is 1.38. The van der Waals surface area contributed by atoms with Gasteiger partial charge in [-0.2, -0.15) is 0 Å². The molecule has 0 bridgehead atoms. The molecule has 0 fully saturated rings. The molecule has 0 aromatic heterocycles. The Morgan fingerprint density at radius 2 is 2.44 bits per heavy atom.